The second-order valence-electron chi connectivity index (χ2n) is 20.2. The largest absolute Gasteiger partial charge is 0.494 e. The number of aromatic nitrogens is 4. The molecule has 7 aromatic rings. The molecule has 3 saturated heterocycles. The number of carboxylic acid groups (broad SMARTS) is 1. The highest BCUT2D eigenvalue weighted by Gasteiger charge is 2.33. The van der Waals surface area contributed by atoms with E-state index >= 15 is 0 Å². The van der Waals surface area contributed by atoms with Crippen molar-refractivity contribution in [2.24, 2.45) is 13.0 Å². The minimum absolute atomic E-state index is 0.0443. The molecule has 3 amide bonds. The van der Waals surface area contributed by atoms with Gasteiger partial charge in [0.25, 0.3) is 5.91 Å². The molecular weight excluding hydrogens is 939 g/mol. The molecule has 15 nitrogen and oxygen atoms in total. The van der Waals surface area contributed by atoms with Gasteiger partial charge < -0.3 is 24.5 Å². The smallest absolute Gasteiger partial charge is 0.354 e. The summed E-state index contributed by atoms with van der Waals surface area (Å²) in [6.07, 6.45) is 7.28. The number of para-hydroxylation sites is 1. The van der Waals surface area contributed by atoms with Crippen LogP contribution in [0.2, 0.25) is 0 Å². The van der Waals surface area contributed by atoms with E-state index in [1.165, 1.54) is 35.3 Å². The average Bonchev–Trinajstić information content (AvgIpc) is 4.14. The molecule has 2 unspecified atom stereocenters. The number of carbonyl (C=O) groups excluding carboxylic acids is 3. The summed E-state index contributed by atoms with van der Waals surface area (Å²) in [6, 6.07) is 32.4. The van der Waals surface area contributed by atoms with Crippen molar-refractivity contribution in [1.29, 1.82) is 0 Å². The van der Waals surface area contributed by atoms with Gasteiger partial charge in [-0.1, -0.05) is 65.9 Å². The van der Waals surface area contributed by atoms with Crippen molar-refractivity contribution < 1.29 is 29.0 Å². The number of thiazole rings is 1. The van der Waals surface area contributed by atoms with Crippen LogP contribution < -0.4 is 20.3 Å². The highest BCUT2D eigenvalue weighted by Crippen LogP contribution is 2.35. The third-order valence-corrected chi connectivity index (χ3v) is 16.4. The number of pyridine rings is 1. The number of aryl methyl sites for hydroxylation is 2. The third kappa shape index (κ3) is 10.7. The van der Waals surface area contributed by atoms with Gasteiger partial charge in [0.1, 0.15) is 11.6 Å². The number of likely N-dealkylation sites (tertiary alicyclic amines) is 2. The molecule has 4 aliphatic rings. The van der Waals surface area contributed by atoms with Crippen molar-refractivity contribution in [3.63, 3.8) is 0 Å². The van der Waals surface area contributed by atoms with E-state index in [2.05, 4.69) is 60.7 Å². The second-order valence-corrected chi connectivity index (χ2v) is 21.2. The van der Waals surface area contributed by atoms with Crippen LogP contribution in [0, 0.1) is 5.92 Å². The third-order valence-electron chi connectivity index (χ3n) is 15.5. The standard InChI is InChI=1S/C57H61N9O6S/c1-63-48-33-40(13-17-44(48)53(62-63)45-18-20-51(67)60-55(45)69)41-23-27-65(34-41)30-29-64-25-21-37(22-26-64)32-36-11-15-42(16-12-36)72-31-5-7-39-14-19-50(59-52(39)56(70)71)66-28-24-38-6-4-8-43(46(38)35-66)54(68)61-57-58-47-9-2-3-10-49(47)73-57/h2-4,6,8-17,19,33,37,41,45H,5,7,18,20-32,34-35H2,1H3,(H,70,71)(H,58,61,68)(H,60,67,69). The number of amides is 3. The van der Waals surface area contributed by atoms with Crippen molar-refractivity contribution in [3.8, 4) is 5.75 Å². The summed E-state index contributed by atoms with van der Waals surface area (Å²) in [5, 5.41) is 22.0. The Hall–Kier alpha value is -7.01. The molecule has 3 aromatic heterocycles. The minimum atomic E-state index is -1.06. The van der Waals surface area contributed by atoms with E-state index in [1.54, 1.807) is 0 Å². The topological polar surface area (TPSA) is 175 Å². The molecule has 0 radical (unpaired) electrons. The number of nitrogens with zero attached hydrogens (tertiary/aromatic N) is 7. The van der Waals surface area contributed by atoms with Crippen LogP contribution in [0.15, 0.2) is 97.1 Å². The number of imide groups is 1. The molecule has 7 heterocycles. The van der Waals surface area contributed by atoms with Crippen LogP contribution in [-0.4, -0.2) is 111 Å². The van der Waals surface area contributed by atoms with E-state index in [1.807, 2.05) is 83.4 Å². The summed E-state index contributed by atoms with van der Waals surface area (Å²) in [4.78, 5) is 66.9. The molecule has 11 rings (SSSR count). The van der Waals surface area contributed by atoms with Crippen LogP contribution in [0.1, 0.15) is 105 Å². The first-order chi connectivity index (χ1) is 35.6. The molecule has 376 valence electrons. The van der Waals surface area contributed by atoms with Crippen molar-refractivity contribution >= 4 is 67.1 Å². The summed E-state index contributed by atoms with van der Waals surface area (Å²) in [5.74, 6) is 0.379. The molecule has 16 heteroatoms. The molecule has 4 aliphatic heterocycles. The fourth-order valence-corrected chi connectivity index (χ4v) is 12.3. The van der Waals surface area contributed by atoms with Gasteiger partial charge in [-0.25, -0.2) is 14.8 Å². The number of ether oxygens (including phenoxy) is 1. The maximum absolute atomic E-state index is 13.6. The van der Waals surface area contributed by atoms with Crippen LogP contribution >= 0.6 is 11.3 Å². The van der Waals surface area contributed by atoms with E-state index < -0.39 is 11.9 Å². The fraction of sp³-hybridized carbons (Fsp3) is 0.386. The Balaban J connectivity index is 0.605. The van der Waals surface area contributed by atoms with Gasteiger partial charge in [0.2, 0.25) is 11.8 Å². The zero-order chi connectivity index (χ0) is 50.0. The van der Waals surface area contributed by atoms with Gasteiger partial charge in [0.15, 0.2) is 10.8 Å². The first-order valence-corrected chi connectivity index (χ1v) is 26.6. The van der Waals surface area contributed by atoms with Crippen LogP contribution in [0.3, 0.4) is 0 Å². The number of carboxylic acids is 1. The molecular formula is C57H61N9O6S. The molecule has 4 aromatic carbocycles. The molecule has 0 aliphatic carbocycles. The number of fused-ring (bicyclic) bond motifs is 3. The van der Waals surface area contributed by atoms with Crippen LogP contribution in [-0.2, 0) is 42.4 Å². The van der Waals surface area contributed by atoms with E-state index in [0.29, 0.717) is 85.7 Å². The fourth-order valence-electron chi connectivity index (χ4n) is 11.4. The van der Waals surface area contributed by atoms with Gasteiger partial charge in [-0.05, 0) is 153 Å². The summed E-state index contributed by atoms with van der Waals surface area (Å²) in [7, 11) is 1.94. The zero-order valence-corrected chi connectivity index (χ0v) is 42.0. The van der Waals surface area contributed by atoms with E-state index in [-0.39, 0.29) is 23.4 Å². The highest BCUT2D eigenvalue weighted by molar-refractivity contribution is 7.22. The van der Waals surface area contributed by atoms with Crippen molar-refractivity contribution in [1.82, 2.24) is 34.9 Å². The van der Waals surface area contributed by atoms with Gasteiger partial charge in [-0.3, -0.25) is 29.7 Å². The normalized spacial score (nSPS) is 18.8. The molecule has 73 heavy (non-hydrogen) atoms. The van der Waals surface area contributed by atoms with Crippen LogP contribution in [0.5, 0.6) is 5.75 Å². The predicted octanol–water partition coefficient (Wildman–Crippen LogP) is 8.37. The lowest BCUT2D eigenvalue weighted by Crippen LogP contribution is -2.39. The SMILES string of the molecule is Cn1nc(C2CCC(=O)NC2=O)c2ccc(C3CCN(CCN4CCC(Cc5ccc(OCCCc6ccc(N7CCc8cccc(C(=O)Nc9nc%10ccccc%10s9)c8C7)nc6C(=O)O)cc5)CC4)C3)cc21. The number of anilines is 2. The number of aromatic carboxylic acids is 1. The maximum atomic E-state index is 13.6. The van der Waals surface area contributed by atoms with Crippen LogP contribution in [0.4, 0.5) is 10.9 Å². The average molecular weight is 1000 g/mol. The Kier molecular flexibility index (Phi) is 14.0. The van der Waals surface area contributed by atoms with Crippen molar-refractivity contribution in [2.45, 2.75) is 76.2 Å². The number of piperidine rings is 2. The lowest BCUT2D eigenvalue weighted by molar-refractivity contribution is -0.134. The number of rotatable bonds is 16. The number of hydrogen-bond donors (Lipinski definition) is 3. The molecule has 3 N–H and O–H groups in total. The second kappa shape index (κ2) is 21.2. The van der Waals surface area contributed by atoms with Crippen LogP contribution in [0.25, 0.3) is 21.1 Å². The van der Waals surface area contributed by atoms with Crippen molar-refractivity contribution in [3.05, 3.63) is 142 Å². The first-order valence-electron chi connectivity index (χ1n) is 25.8. The van der Waals surface area contributed by atoms with E-state index in [4.69, 9.17) is 9.84 Å². The van der Waals surface area contributed by atoms with E-state index in [9.17, 15) is 24.3 Å². The zero-order valence-electron chi connectivity index (χ0n) is 41.2. The van der Waals surface area contributed by atoms with Gasteiger partial charge in [-0.15, -0.1) is 0 Å². The van der Waals surface area contributed by atoms with E-state index in [0.717, 1.165) is 95.8 Å². The number of nitrogens with one attached hydrogen (secondary N) is 2. The van der Waals surface area contributed by atoms with Gasteiger partial charge in [-0.2, -0.15) is 5.10 Å². The Bertz CT molecular complexity index is 3170. The summed E-state index contributed by atoms with van der Waals surface area (Å²) >= 11 is 1.44. The Morgan fingerprint density at radius 3 is 2.51 bits per heavy atom. The number of hydrogen-bond acceptors (Lipinski definition) is 12. The molecule has 0 spiro atoms. The molecule has 0 bridgehead atoms. The van der Waals surface area contributed by atoms with Gasteiger partial charge in [0, 0.05) is 57.1 Å². The summed E-state index contributed by atoms with van der Waals surface area (Å²) < 4.78 is 9.01. The maximum Gasteiger partial charge on any atom is 0.354 e. The quantitative estimate of drug-likeness (QED) is 0.0624. The molecule has 0 saturated carbocycles. The Morgan fingerprint density at radius 1 is 0.863 bits per heavy atom. The predicted molar refractivity (Wildman–Crippen MR) is 283 cm³/mol. The molecule has 3 fully saturated rings. The Morgan fingerprint density at radius 2 is 1.68 bits per heavy atom. The highest BCUT2D eigenvalue weighted by atomic mass is 32.1. The van der Waals surface area contributed by atoms with Gasteiger partial charge >= 0.3 is 5.97 Å². The lowest BCUT2D eigenvalue weighted by atomic mass is 9.90. The first kappa shape index (κ1) is 48.3. The Labute approximate surface area is 428 Å². The van der Waals surface area contributed by atoms with Gasteiger partial charge in [0.05, 0.1) is 34.0 Å². The molecule has 2 atom stereocenters. The summed E-state index contributed by atoms with van der Waals surface area (Å²) in [6.45, 7) is 8.10. The van der Waals surface area contributed by atoms with Crippen molar-refractivity contribution in [2.75, 3.05) is 62.6 Å². The summed E-state index contributed by atoms with van der Waals surface area (Å²) in [5.41, 5.74) is 8.58. The lowest BCUT2D eigenvalue weighted by Gasteiger charge is -2.33. The number of carbonyl (C=O) groups is 4. The minimum Gasteiger partial charge on any atom is -0.494 e. The number of benzene rings is 4. The monoisotopic (exact) mass is 999 g/mol.